The van der Waals surface area contributed by atoms with E-state index in [1.165, 1.54) is 6.07 Å². The number of hydrogen-bond donors (Lipinski definition) is 1. The Balaban J connectivity index is 2.34. The third kappa shape index (κ3) is 2.35. The van der Waals surface area contributed by atoms with Crippen molar-refractivity contribution in [3.63, 3.8) is 0 Å². The van der Waals surface area contributed by atoms with Crippen molar-refractivity contribution in [1.82, 2.24) is 5.32 Å². The number of hydrogen-bond acceptors (Lipinski definition) is 3. The number of nitro groups is 1. The molecule has 0 aliphatic carbocycles. The Bertz CT molecular complexity index is 389. The fourth-order valence-electron chi connectivity index (χ4n) is 1.88. The minimum atomic E-state index is -0.351. The molecule has 0 radical (unpaired) electrons. The first-order valence-corrected chi connectivity index (χ1v) is 5.62. The van der Waals surface area contributed by atoms with Gasteiger partial charge in [-0.2, -0.15) is 0 Å². The fourth-order valence-corrected chi connectivity index (χ4v) is 2.38. The molecule has 15 heavy (non-hydrogen) atoms. The van der Waals surface area contributed by atoms with Crippen LogP contribution in [0, 0.1) is 10.1 Å². The van der Waals surface area contributed by atoms with Crippen LogP contribution in [0.4, 0.5) is 5.69 Å². The maximum Gasteiger partial charge on any atom is 0.270 e. The fraction of sp³-hybridized carbons (Fsp3) is 0.400. The quantitative estimate of drug-likeness (QED) is 0.664. The van der Waals surface area contributed by atoms with Crippen molar-refractivity contribution in [2.45, 2.75) is 12.3 Å². The van der Waals surface area contributed by atoms with Crippen LogP contribution in [0.3, 0.4) is 0 Å². The van der Waals surface area contributed by atoms with E-state index < -0.39 is 0 Å². The van der Waals surface area contributed by atoms with E-state index >= 15 is 0 Å². The third-order valence-corrected chi connectivity index (χ3v) is 3.11. The van der Waals surface area contributed by atoms with Gasteiger partial charge in [0.05, 0.1) is 4.92 Å². The second-order valence-corrected chi connectivity index (χ2v) is 4.61. The Labute approximate surface area is 96.0 Å². The molecule has 1 saturated heterocycles. The van der Waals surface area contributed by atoms with Crippen LogP contribution in [0.2, 0.25) is 0 Å². The van der Waals surface area contributed by atoms with Crippen LogP contribution in [0.5, 0.6) is 0 Å². The summed E-state index contributed by atoms with van der Waals surface area (Å²) in [5.41, 5.74) is 1.20. The monoisotopic (exact) mass is 270 g/mol. The summed E-state index contributed by atoms with van der Waals surface area (Å²) in [7, 11) is 0. The summed E-state index contributed by atoms with van der Waals surface area (Å²) < 4.78 is 0.776. The normalized spacial score (nSPS) is 20.5. The van der Waals surface area contributed by atoms with E-state index in [0.29, 0.717) is 5.92 Å². The van der Waals surface area contributed by atoms with E-state index in [1.807, 2.05) is 6.07 Å². The van der Waals surface area contributed by atoms with Crippen molar-refractivity contribution in [3.05, 3.63) is 38.3 Å². The Morgan fingerprint density at radius 3 is 2.87 bits per heavy atom. The molecular weight excluding hydrogens is 260 g/mol. The van der Waals surface area contributed by atoms with Gasteiger partial charge >= 0.3 is 0 Å². The Kier molecular flexibility index (Phi) is 3.02. The minimum Gasteiger partial charge on any atom is -0.316 e. The lowest BCUT2D eigenvalue weighted by molar-refractivity contribution is -0.385. The van der Waals surface area contributed by atoms with Crippen molar-refractivity contribution in [2.24, 2.45) is 0 Å². The van der Waals surface area contributed by atoms with Gasteiger partial charge in [0, 0.05) is 23.2 Å². The van der Waals surface area contributed by atoms with Gasteiger partial charge in [0.15, 0.2) is 0 Å². The Hall–Kier alpha value is -0.940. The number of nitrogens with one attached hydrogen (secondary N) is 1. The predicted octanol–water partition coefficient (Wildman–Crippen LogP) is 2.43. The average Bonchev–Trinajstić information content (AvgIpc) is 2.69. The summed E-state index contributed by atoms with van der Waals surface area (Å²) in [6, 6.07) is 5.17. The lowest BCUT2D eigenvalue weighted by Gasteiger charge is -2.08. The van der Waals surface area contributed by atoms with Crippen molar-refractivity contribution >= 4 is 21.6 Å². The van der Waals surface area contributed by atoms with Gasteiger partial charge in [-0.1, -0.05) is 15.9 Å². The number of benzene rings is 1. The number of non-ortho nitro benzene ring substituents is 1. The molecule has 4 nitrogen and oxygen atoms in total. The predicted molar refractivity (Wildman–Crippen MR) is 61.0 cm³/mol. The van der Waals surface area contributed by atoms with Gasteiger partial charge in [0.2, 0.25) is 0 Å². The van der Waals surface area contributed by atoms with Gasteiger partial charge < -0.3 is 5.32 Å². The highest BCUT2D eigenvalue weighted by molar-refractivity contribution is 9.10. The second-order valence-electron chi connectivity index (χ2n) is 3.69. The van der Waals surface area contributed by atoms with Crippen molar-refractivity contribution in [2.75, 3.05) is 13.1 Å². The summed E-state index contributed by atoms with van der Waals surface area (Å²) in [5, 5.41) is 13.9. The van der Waals surface area contributed by atoms with E-state index in [4.69, 9.17) is 0 Å². The van der Waals surface area contributed by atoms with E-state index in [1.54, 1.807) is 6.07 Å². The summed E-state index contributed by atoms with van der Waals surface area (Å²) in [5.74, 6) is 0.404. The van der Waals surface area contributed by atoms with Crippen molar-refractivity contribution < 1.29 is 4.92 Å². The van der Waals surface area contributed by atoms with Crippen molar-refractivity contribution in [1.29, 1.82) is 0 Å². The zero-order valence-corrected chi connectivity index (χ0v) is 9.66. The second kappa shape index (κ2) is 4.28. The summed E-state index contributed by atoms with van der Waals surface area (Å²) >= 11 is 3.30. The molecule has 1 unspecified atom stereocenters. The minimum absolute atomic E-state index is 0.159. The SMILES string of the molecule is O=[N+]([O-])c1cc(Br)cc(C2CCNC2)c1. The molecule has 1 aliphatic rings. The zero-order chi connectivity index (χ0) is 10.8. The number of nitro benzene ring substituents is 1. The molecule has 0 spiro atoms. The third-order valence-electron chi connectivity index (χ3n) is 2.65. The molecule has 1 heterocycles. The van der Waals surface area contributed by atoms with Crippen molar-refractivity contribution in [3.8, 4) is 0 Å². The first-order valence-electron chi connectivity index (χ1n) is 4.82. The first kappa shape index (κ1) is 10.6. The summed E-state index contributed by atoms with van der Waals surface area (Å²) in [6.07, 6.45) is 1.05. The molecule has 5 heteroatoms. The molecule has 0 amide bonds. The molecule has 1 aromatic carbocycles. The standard InChI is InChI=1S/C10H11BrN2O2/c11-9-3-8(7-1-2-12-6-7)4-10(5-9)13(14)15/h3-5,7,12H,1-2,6H2. The van der Waals surface area contributed by atoms with Crippen LogP contribution in [0.25, 0.3) is 0 Å². The highest BCUT2D eigenvalue weighted by atomic mass is 79.9. The van der Waals surface area contributed by atoms with E-state index in [2.05, 4.69) is 21.2 Å². The Morgan fingerprint density at radius 1 is 1.47 bits per heavy atom. The van der Waals surface area contributed by atoms with Gasteiger partial charge in [0.25, 0.3) is 5.69 Å². The molecule has 80 valence electrons. The van der Waals surface area contributed by atoms with Crippen LogP contribution in [0.1, 0.15) is 17.9 Å². The number of nitrogens with zero attached hydrogens (tertiary/aromatic N) is 1. The summed E-state index contributed by atoms with van der Waals surface area (Å²) in [4.78, 5) is 10.3. The maximum absolute atomic E-state index is 10.7. The van der Waals surface area contributed by atoms with E-state index in [0.717, 1.165) is 29.5 Å². The van der Waals surface area contributed by atoms with Gasteiger partial charge in [-0.15, -0.1) is 0 Å². The van der Waals surface area contributed by atoms with Crippen LogP contribution in [-0.4, -0.2) is 18.0 Å². The molecule has 1 aromatic rings. The highest BCUT2D eigenvalue weighted by Crippen LogP contribution is 2.29. The molecule has 2 rings (SSSR count). The zero-order valence-electron chi connectivity index (χ0n) is 8.07. The summed E-state index contributed by atoms with van der Waals surface area (Å²) in [6.45, 7) is 1.90. The highest BCUT2D eigenvalue weighted by Gasteiger charge is 2.19. The number of halogens is 1. The van der Waals surface area contributed by atoms with Gasteiger partial charge in [-0.25, -0.2) is 0 Å². The van der Waals surface area contributed by atoms with Gasteiger partial charge in [-0.3, -0.25) is 10.1 Å². The molecule has 1 fully saturated rings. The van der Waals surface area contributed by atoms with Gasteiger partial charge in [-0.05, 0) is 30.5 Å². The smallest absolute Gasteiger partial charge is 0.270 e. The first-order chi connectivity index (χ1) is 7.16. The van der Waals surface area contributed by atoms with Crippen LogP contribution >= 0.6 is 15.9 Å². The molecule has 1 atom stereocenters. The molecule has 1 N–H and O–H groups in total. The number of rotatable bonds is 2. The van der Waals surface area contributed by atoms with Gasteiger partial charge in [0.1, 0.15) is 0 Å². The van der Waals surface area contributed by atoms with E-state index in [-0.39, 0.29) is 10.6 Å². The molecule has 1 aliphatic heterocycles. The largest absolute Gasteiger partial charge is 0.316 e. The lowest BCUT2D eigenvalue weighted by atomic mass is 9.98. The maximum atomic E-state index is 10.7. The lowest BCUT2D eigenvalue weighted by Crippen LogP contribution is -2.08. The molecule has 0 bridgehead atoms. The van der Waals surface area contributed by atoms with Crippen LogP contribution < -0.4 is 5.32 Å². The molecule has 0 saturated carbocycles. The Morgan fingerprint density at radius 2 is 2.27 bits per heavy atom. The van der Waals surface area contributed by atoms with Crippen LogP contribution in [-0.2, 0) is 0 Å². The van der Waals surface area contributed by atoms with E-state index in [9.17, 15) is 10.1 Å². The average molecular weight is 271 g/mol. The molecular formula is C10H11BrN2O2. The van der Waals surface area contributed by atoms with Crippen LogP contribution in [0.15, 0.2) is 22.7 Å². The molecule has 0 aromatic heterocycles. The topological polar surface area (TPSA) is 55.2 Å².